The predicted molar refractivity (Wildman–Crippen MR) is 79.0 cm³/mol. The Kier molecular flexibility index (Phi) is 3.12. The molecule has 3 rings (SSSR count). The molecule has 0 aromatic heterocycles. The summed E-state index contributed by atoms with van der Waals surface area (Å²) in [6, 6.07) is 11.5. The number of rotatable bonds is 2. The summed E-state index contributed by atoms with van der Waals surface area (Å²) < 4.78 is 0. The van der Waals surface area contributed by atoms with Crippen molar-refractivity contribution in [1.29, 1.82) is 0 Å². The van der Waals surface area contributed by atoms with E-state index in [2.05, 4.69) is 15.5 Å². The highest BCUT2D eigenvalue weighted by Gasteiger charge is 2.25. The normalized spacial score (nSPS) is 15.4. The zero-order valence-corrected chi connectivity index (χ0v) is 10.8. The standard InChI is InChI=1S/C15H11N3O3/c19-12-6-5-9(7-13(12)20)8-16-18-14-10-3-1-2-4-11(10)17-15(14)21/h1-8,19-20H,(H,17,18,21)/b16-8+. The molecule has 0 fully saturated rings. The number of amides is 1. The van der Waals surface area contributed by atoms with Crippen LogP contribution in [0.1, 0.15) is 11.1 Å². The molecule has 0 saturated carbocycles. The summed E-state index contributed by atoms with van der Waals surface area (Å²) in [4.78, 5) is 11.8. The summed E-state index contributed by atoms with van der Waals surface area (Å²) in [5.74, 6) is -0.750. The molecular formula is C15H11N3O3. The second-order valence-electron chi connectivity index (χ2n) is 4.44. The average Bonchev–Trinajstić information content (AvgIpc) is 2.79. The van der Waals surface area contributed by atoms with E-state index in [1.807, 2.05) is 12.1 Å². The fourth-order valence-corrected chi connectivity index (χ4v) is 1.98. The Morgan fingerprint density at radius 1 is 1.05 bits per heavy atom. The molecule has 0 bridgehead atoms. The topological polar surface area (TPSA) is 94.3 Å². The molecular weight excluding hydrogens is 270 g/mol. The van der Waals surface area contributed by atoms with E-state index in [0.717, 1.165) is 0 Å². The maximum Gasteiger partial charge on any atom is 0.276 e. The molecule has 1 amide bonds. The molecule has 1 aliphatic heterocycles. The third-order valence-corrected chi connectivity index (χ3v) is 3.01. The largest absolute Gasteiger partial charge is 0.504 e. The maximum atomic E-state index is 11.8. The van der Waals surface area contributed by atoms with Gasteiger partial charge in [-0.3, -0.25) is 4.79 Å². The lowest BCUT2D eigenvalue weighted by Crippen LogP contribution is -2.13. The SMILES string of the molecule is O=C1Nc2ccccc2/C1=N\N=C\c1ccc(O)c(O)c1. The van der Waals surface area contributed by atoms with Gasteiger partial charge in [0.05, 0.1) is 11.9 Å². The number of nitrogens with zero attached hydrogens (tertiary/aromatic N) is 2. The van der Waals surface area contributed by atoms with E-state index in [9.17, 15) is 15.0 Å². The first-order valence-electron chi connectivity index (χ1n) is 6.19. The quantitative estimate of drug-likeness (QED) is 0.445. The lowest BCUT2D eigenvalue weighted by atomic mass is 10.1. The molecule has 0 radical (unpaired) electrons. The molecule has 3 N–H and O–H groups in total. The highest BCUT2D eigenvalue weighted by molar-refractivity contribution is 6.53. The van der Waals surface area contributed by atoms with Crippen molar-refractivity contribution in [3.05, 3.63) is 53.6 Å². The van der Waals surface area contributed by atoms with E-state index in [1.54, 1.807) is 18.2 Å². The minimum Gasteiger partial charge on any atom is -0.504 e. The minimum absolute atomic E-state index is 0.206. The molecule has 104 valence electrons. The number of anilines is 1. The van der Waals surface area contributed by atoms with Crippen molar-refractivity contribution in [1.82, 2.24) is 0 Å². The van der Waals surface area contributed by atoms with Gasteiger partial charge in [-0.2, -0.15) is 5.10 Å². The summed E-state index contributed by atoms with van der Waals surface area (Å²) >= 11 is 0. The molecule has 2 aromatic rings. The van der Waals surface area contributed by atoms with E-state index in [0.29, 0.717) is 16.8 Å². The van der Waals surface area contributed by atoms with Crippen LogP contribution in [0.2, 0.25) is 0 Å². The lowest BCUT2D eigenvalue weighted by Gasteiger charge is -1.97. The second kappa shape index (κ2) is 5.09. The van der Waals surface area contributed by atoms with Crippen molar-refractivity contribution in [3.8, 4) is 11.5 Å². The molecule has 1 heterocycles. The first-order valence-corrected chi connectivity index (χ1v) is 6.19. The van der Waals surface area contributed by atoms with Gasteiger partial charge in [0.1, 0.15) is 0 Å². The van der Waals surface area contributed by atoms with Gasteiger partial charge >= 0.3 is 0 Å². The van der Waals surface area contributed by atoms with Crippen LogP contribution in [0.5, 0.6) is 11.5 Å². The second-order valence-corrected chi connectivity index (χ2v) is 4.44. The molecule has 21 heavy (non-hydrogen) atoms. The molecule has 6 heteroatoms. The zero-order chi connectivity index (χ0) is 14.8. The van der Waals surface area contributed by atoms with Crippen LogP contribution in [0.25, 0.3) is 0 Å². The van der Waals surface area contributed by atoms with Crippen molar-refractivity contribution >= 4 is 23.5 Å². The first-order chi connectivity index (χ1) is 10.1. The van der Waals surface area contributed by atoms with E-state index in [4.69, 9.17) is 0 Å². The number of phenols is 2. The third kappa shape index (κ3) is 2.46. The van der Waals surface area contributed by atoms with E-state index in [-0.39, 0.29) is 23.1 Å². The molecule has 1 aliphatic rings. The molecule has 0 aliphatic carbocycles. The van der Waals surface area contributed by atoms with Crippen LogP contribution in [-0.2, 0) is 4.79 Å². The first kappa shape index (κ1) is 12.9. The lowest BCUT2D eigenvalue weighted by molar-refractivity contribution is -0.110. The molecule has 2 aromatic carbocycles. The summed E-state index contributed by atoms with van der Waals surface area (Å²) in [5.41, 5.74) is 2.21. The van der Waals surface area contributed by atoms with Crippen LogP contribution in [0.4, 0.5) is 5.69 Å². The van der Waals surface area contributed by atoms with Crippen LogP contribution in [0.15, 0.2) is 52.7 Å². The third-order valence-electron chi connectivity index (χ3n) is 3.01. The van der Waals surface area contributed by atoms with Gasteiger partial charge in [-0.1, -0.05) is 18.2 Å². The number of hydrogen-bond acceptors (Lipinski definition) is 5. The van der Waals surface area contributed by atoms with Gasteiger partial charge in [0, 0.05) is 5.56 Å². The minimum atomic E-state index is -0.304. The Bertz CT molecular complexity index is 781. The average molecular weight is 281 g/mol. The number of fused-ring (bicyclic) bond motifs is 1. The van der Waals surface area contributed by atoms with Gasteiger partial charge in [0.2, 0.25) is 0 Å². The summed E-state index contributed by atoms with van der Waals surface area (Å²) in [7, 11) is 0. The number of carbonyl (C=O) groups is 1. The molecule has 0 atom stereocenters. The van der Waals surface area contributed by atoms with Gasteiger partial charge in [0.15, 0.2) is 17.2 Å². The number of hydrogen-bond donors (Lipinski definition) is 3. The van der Waals surface area contributed by atoms with Crippen LogP contribution >= 0.6 is 0 Å². The molecule has 0 spiro atoms. The van der Waals surface area contributed by atoms with Crippen molar-refractivity contribution in [3.63, 3.8) is 0 Å². The van der Waals surface area contributed by atoms with E-state index in [1.165, 1.54) is 18.3 Å². The molecule has 6 nitrogen and oxygen atoms in total. The summed E-state index contributed by atoms with van der Waals surface area (Å²) in [6.07, 6.45) is 1.39. The maximum absolute atomic E-state index is 11.8. The number of aromatic hydroxyl groups is 2. The van der Waals surface area contributed by atoms with Crippen LogP contribution < -0.4 is 5.32 Å². The van der Waals surface area contributed by atoms with Gasteiger partial charge in [-0.05, 0) is 29.8 Å². The Labute approximate surface area is 120 Å². The predicted octanol–water partition coefficient (Wildman–Crippen LogP) is 1.87. The fraction of sp³-hybridized carbons (Fsp3) is 0. The van der Waals surface area contributed by atoms with Crippen molar-refractivity contribution in [2.45, 2.75) is 0 Å². The van der Waals surface area contributed by atoms with Gasteiger partial charge in [0.25, 0.3) is 5.91 Å². The van der Waals surface area contributed by atoms with Gasteiger partial charge in [-0.25, -0.2) is 0 Å². The number of benzene rings is 2. The Hall–Kier alpha value is -3.15. The summed E-state index contributed by atoms with van der Waals surface area (Å²) in [6.45, 7) is 0. The monoisotopic (exact) mass is 281 g/mol. The molecule has 0 unspecified atom stereocenters. The number of phenolic OH excluding ortho intramolecular Hbond substituents is 2. The highest BCUT2D eigenvalue weighted by atomic mass is 16.3. The summed E-state index contributed by atoms with van der Waals surface area (Å²) in [5, 5.41) is 29.1. The van der Waals surface area contributed by atoms with Gasteiger partial charge in [-0.15, -0.1) is 5.10 Å². The smallest absolute Gasteiger partial charge is 0.276 e. The van der Waals surface area contributed by atoms with Crippen LogP contribution in [-0.4, -0.2) is 28.0 Å². The van der Waals surface area contributed by atoms with Crippen molar-refractivity contribution in [2.24, 2.45) is 10.2 Å². The Morgan fingerprint density at radius 3 is 2.67 bits per heavy atom. The van der Waals surface area contributed by atoms with Gasteiger partial charge < -0.3 is 15.5 Å². The number of carbonyl (C=O) groups excluding carboxylic acids is 1. The van der Waals surface area contributed by atoms with Crippen molar-refractivity contribution in [2.75, 3.05) is 5.32 Å². The number of para-hydroxylation sites is 1. The van der Waals surface area contributed by atoms with Crippen LogP contribution in [0.3, 0.4) is 0 Å². The zero-order valence-electron chi connectivity index (χ0n) is 10.8. The Morgan fingerprint density at radius 2 is 1.86 bits per heavy atom. The van der Waals surface area contributed by atoms with E-state index >= 15 is 0 Å². The van der Waals surface area contributed by atoms with Crippen molar-refractivity contribution < 1.29 is 15.0 Å². The Balaban J connectivity index is 1.87. The van der Waals surface area contributed by atoms with Crippen LogP contribution in [0, 0.1) is 0 Å². The van der Waals surface area contributed by atoms with E-state index < -0.39 is 0 Å². The molecule has 0 saturated heterocycles. The highest BCUT2D eigenvalue weighted by Crippen LogP contribution is 2.24. The number of nitrogens with one attached hydrogen (secondary N) is 1. The fourth-order valence-electron chi connectivity index (χ4n) is 1.98.